The second kappa shape index (κ2) is 8.97. The zero-order valence-electron chi connectivity index (χ0n) is 19.1. The van der Waals surface area contributed by atoms with Gasteiger partial charge in [0.2, 0.25) is 0 Å². The minimum Gasteiger partial charge on any atom is -0.382 e. The van der Waals surface area contributed by atoms with Crippen LogP contribution in [0.2, 0.25) is 0 Å². The number of aromatic nitrogens is 4. The summed E-state index contributed by atoms with van der Waals surface area (Å²) in [6, 6.07) is 10.2. The van der Waals surface area contributed by atoms with Crippen molar-refractivity contribution in [3.8, 4) is 11.4 Å². The first-order valence-corrected chi connectivity index (χ1v) is 11.4. The Hall–Kier alpha value is -4.20. The van der Waals surface area contributed by atoms with Crippen LogP contribution in [0.1, 0.15) is 31.5 Å². The molecule has 0 saturated carbocycles. The summed E-state index contributed by atoms with van der Waals surface area (Å²) >= 11 is 0. The van der Waals surface area contributed by atoms with Crippen LogP contribution in [-0.4, -0.2) is 49.0 Å². The van der Waals surface area contributed by atoms with Crippen molar-refractivity contribution in [2.24, 2.45) is 4.99 Å². The summed E-state index contributed by atoms with van der Waals surface area (Å²) in [4.78, 5) is 31.7. The molecule has 1 saturated heterocycles. The average molecular weight is 454 g/mol. The quantitative estimate of drug-likeness (QED) is 0.439. The topological polar surface area (TPSA) is 105 Å². The fourth-order valence-electron chi connectivity index (χ4n) is 4.62. The van der Waals surface area contributed by atoms with Gasteiger partial charge in [0.1, 0.15) is 28.6 Å². The summed E-state index contributed by atoms with van der Waals surface area (Å²) in [6.07, 6.45) is 10.1. The van der Waals surface area contributed by atoms with E-state index in [-0.39, 0.29) is 11.8 Å². The van der Waals surface area contributed by atoms with Crippen molar-refractivity contribution in [1.82, 2.24) is 24.3 Å². The van der Waals surface area contributed by atoms with Crippen molar-refractivity contribution >= 4 is 33.9 Å². The lowest BCUT2D eigenvalue weighted by atomic mass is 9.95. The molecule has 172 valence electrons. The molecule has 1 aliphatic rings. The number of nitrogens with zero attached hydrogens (tertiary/aromatic N) is 5. The van der Waals surface area contributed by atoms with Crippen LogP contribution in [-0.2, 0) is 4.79 Å². The van der Waals surface area contributed by atoms with E-state index in [1.807, 2.05) is 40.6 Å². The van der Waals surface area contributed by atoms with Crippen LogP contribution in [0.5, 0.6) is 0 Å². The van der Waals surface area contributed by atoms with Crippen molar-refractivity contribution in [2.45, 2.75) is 25.7 Å². The van der Waals surface area contributed by atoms with Crippen LogP contribution in [0.3, 0.4) is 0 Å². The Morgan fingerprint density at radius 1 is 1.29 bits per heavy atom. The number of nitrogens with two attached hydrogens (primary N) is 1. The van der Waals surface area contributed by atoms with Gasteiger partial charge in [-0.15, -0.1) is 0 Å². The lowest BCUT2D eigenvalue weighted by Crippen LogP contribution is -2.41. The van der Waals surface area contributed by atoms with E-state index in [1.54, 1.807) is 18.5 Å². The van der Waals surface area contributed by atoms with Crippen molar-refractivity contribution in [3.05, 3.63) is 73.5 Å². The maximum absolute atomic E-state index is 12.8. The summed E-state index contributed by atoms with van der Waals surface area (Å²) in [5.74, 6) is 1.48. The Kier molecular flexibility index (Phi) is 5.71. The van der Waals surface area contributed by atoms with Crippen LogP contribution in [0.15, 0.2) is 72.6 Å². The zero-order chi connectivity index (χ0) is 23.7. The summed E-state index contributed by atoms with van der Waals surface area (Å²) in [5.41, 5.74) is 10.2. The number of fused-ring (bicyclic) bond motifs is 2. The molecule has 4 aromatic rings. The third-order valence-electron chi connectivity index (χ3n) is 6.32. The van der Waals surface area contributed by atoms with E-state index in [2.05, 4.69) is 33.7 Å². The molecule has 0 unspecified atom stereocenters. The maximum atomic E-state index is 12.8. The predicted octanol–water partition coefficient (Wildman–Crippen LogP) is 4.33. The van der Waals surface area contributed by atoms with Gasteiger partial charge in [0, 0.05) is 48.5 Å². The van der Waals surface area contributed by atoms with Gasteiger partial charge in [0.15, 0.2) is 0 Å². The molecule has 0 radical (unpaired) electrons. The maximum Gasteiger partial charge on any atom is 0.272 e. The molecule has 5 rings (SSSR count). The number of rotatable bonds is 5. The van der Waals surface area contributed by atoms with Crippen LogP contribution in [0, 0.1) is 0 Å². The van der Waals surface area contributed by atoms with Crippen molar-refractivity contribution in [3.63, 3.8) is 0 Å². The number of carbonyl (C=O) groups is 1. The number of nitrogens with one attached hydrogen (secondary N) is 1. The summed E-state index contributed by atoms with van der Waals surface area (Å²) < 4.78 is 2.05. The Morgan fingerprint density at radius 2 is 2.09 bits per heavy atom. The van der Waals surface area contributed by atoms with Gasteiger partial charge in [-0.3, -0.25) is 14.2 Å². The standard InChI is InChI=1S/C26H27N7O/c1-3-11-28-19(4-2)26(34)32-13-9-17(10-14-32)25-31-22(23-24(27)29-12-15-33(23)25)21-16-18-7-5-6-8-20(18)30-21/h3-8,11-12,15-17,30H,2,9-10,13-14H2,1H3,(H2,27,29)/b11-3-,28-19?. The van der Waals surface area contributed by atoms with E-state index >= 15 is 0 Å². The molecule has 8 heteroatoms. The van der Waals surface area contributed by atoms with Crippen LogP contribution >= 0.6 is 0 Å². The van der Waals surface area contributed by atoms with Gasteiger partial charge in [-0.1, -0.05) is 30.9 Å². The molecule has 1 amide bonds. The number of hydrogen-bond donors (Lipinski definition) is 2. The molecule has 1 aliphatic heterocycles. The minimum atomic E-state index is -0.0910. The van der Waals surface area contributed by atoms with E-state index in [0.29, 0.717) is 24.6 Å². The van der Waals surface area contributed by atoms with Gasteiger partial charge in [0.05, 0.1) is 5.69 Å². The molecule has 1 aromatic carbocycles. The number of benzene rings is 1. The molecule has 0 bridgehead atoms. The Morgan fingerprint density at radius 3 is 2.82 bits per heavy atom. The van der Waals surface area contributed by atoms with Gasteiger partial charge in [-0.2, -0.15) is 0 Å². The number of H-pyrrole nitrogens is 1. The van der Waals surface area contributed by atoms with Crippen molar-refractivity contribution in [2.75, 3.05) is 18.8 Å². The second-order valence-corrected chi connectivity index (χ2v) is 8.39. The largest absolute Gasteiger partial charge is 0.382 e. The smallest absolute Gasteiger partial charge is 0.272 e. The molecule has 0 spiro atoms. The first-order valence-electron chi connectivity index (χ1n) is 11.4. The van der Waals surface area contributed by atoms with Crippen LogP contribution < -0.4 is 5.73 Å². The first kappa shape index (κ1) is 21.6. The van der Waals surface area contributed by atoms with E-state index in [0.717, 1.165) is 46.5 Å². The fourth-order valence-corrected chi connectivity index (χ4v) is 4.62. The number of aliphatic imine (C=N–C) groups is 1. The normalized spacial score (nSPS) is 15.6. The third-order valence-corrected chi connectivity index (χ3v) is 6.32. The number of aromatic amines is 1. The van der Waals surface area contributed by atoms with Crippen molar-refractivity contribution < 1.29 is 4.79 Å². The minimum absolute atomic E-state index is 0.0910. The fraction of sp³-hybridized carbons (Fsp3) is 0.231. The summed E-state index contributed by atoms with van der Waals surface area (Å²) in [7, 11) is 0. The molecule has 4 heterocycles. The highest BCUT2D eigenvalue weighted by molar-refractivity contribution is 6.43. The SMILES string of the molecule is C=CC(=N/C=C\C)C(=O)N1CCC(c2nc(-c3cc4ccccc4[nH]3)c3c(N)nccn23)CC1. The summed E-state index contributed by atoms with van der Waals surface area (Å²) in [6.45, 7) is 6.85. The number of imidazole rings is 1. The van der Waals surface area contributed by atoms with E-state index in [9.17, 15) is 4.79 Å². The molecule has 34 heavy (non-hydrogen) atoms. The van der Waals surface area contributed by atoms with E-state index in [4.69, 9.17) is 10.7 Å². The molecule has 0 atom stereocenters. The molecule has 3 aromatic heterocycles. The number of amides is 1. The van der Waals surface area contributed by atoms with Gasteiger partial charge in [-0.05, 0) is 38.0 Å². The number of carbonyl (C=O) groups excluding carboxylic acids is 1. The molecule has 1 fully saturated rings. The van der Waals surface area contributed by atoms with E-state index in [1.165, 1.54) is 6.08 Å². The van der Waals surface area contributed by atoms with E-state index < -0.39 is 0 Å². The number of piperidine rings is 1. The first-order chi connectivity index (χ1) is 16.6. The van der Waals surface area contributed by atoms with Gasteiger partial charge >= 0.3 is 0 Å². The molecule has 3 N–H and O–H groups in total. The number of nitrogen functional groups attached to an aromatic ring is 1. The van der Waals surface area contributed by atoms with Crippen LogP contribution in [0.25, 0.3) is 27.8 Å². The van der Waals surface area contributed by atoms with Crippen LogP contribution in [0.4, 0.5) is 5.82 Å². The number of allylic oxidation sites excluding steroid dienone is 1. The van der Waals surface area contributed by atoms with Gasteiger partial charge in [0.25, 0.3) is 5.91 Å². The van der Waals surface area contributed by atoms with Gasteiger partial charge < -0.3 is 15.6 Å². The highest BCUT2D eigenvalue weighted by atomic mass is 16.2. The highest BCUT2D eigenvalue weighted by Crippen LogP contribution is 2.35. The lowest BCUT2D eigenvalue weighted by molar-refractivity contribution is -0.125. The number of likely N-dealkylation sites (tertiary alicyclic amines) is 1. The molecular formula is C26H27N7O. The Balaban J connectivity index is 1.46. The zero-order valence-corrected chi connectivity index (χ0v) is 19.1. The number of para-hydroxylation sites is 1. The lowest BCUT2D eigenvalue weighted by Gasteiger charge is -2.31. The molecular weight excluding hydrogens is 426 g/mol. The third kappa shape index (κ3) is 3.77. The molecule has 0 aliphatic carbocycles. The number of hydrogen-bond acceptors (Lipinski definition) is 5. The average Bonchev–Trinajstić information content (AvgIpc) is 3.47. The number of anilines is 1. The second-order valence-electron chi connectivity index (χ2n) is 8.39. The molecule has 8 nitrogen and oxygen atoms in total. The van der Waals surface area contributed by atoms with Gasteiger partial charge in [-0.25, -0.2) is 9.97 Å². The summed E-state index contributed by atoms with van der Waals surface area (Å²) in [5, 5.41) is 1.12. The Bertz CT molecular complexity index is 1400. The van der Waals surface area contributed by atoms with Crippen molar-refractivity contribution in [1.29, 1.82) is 0 Å². The predicted molar refractivity (Wildman–Crippen MR) is 136 cm³/mol. The highest BCUT2D eigenvalue weighted by Gasteiger charge is 2.29. The Labute approximate surface area is 197 Å². The monoisotopic (exact) mass is 453 g/mol.